The Balaban J connectivity index is 3.81. The summed E-state index contributed by atoms with van der Waals surface area (Å²) in [5.41, 5.74) is 5.54. The Morgan fingerprint density at radius 2 is 1.87 bits per heavy atom. The summed E-state index contributed by atoms with van der Waals surface area (Å²) in [6.07, 6.45) is 3.07. The van der Waals surface area contributed by atoms with Crippen LogP contribution in [0, 0.1) is 5.92 Å². The van der Waals surface area contributed by atoms with Crippen LogP contribution in [0.15, 0.2) is 0 Å². The van der Waals surface area contributed by atoms with Gasteiger partial charge in [0, 0.05) is 6.42 Å². The van der Waals surface area contributed by atoms with E-state index in [9.17, 15) is 9.59 Å². The lowest BCUT2D eigenvalue weighted by Gasteiger charge is -2.13. The van der Waals surface area contributed by atoms with Crippen LogP contribution in [0.4, 0.5) is 0 Å². The van der Waals surface area contributed by atoms with Crippen molar-refractivity contribution in [2.45, 2.75) is 52.5 Å². The fourth-order valence-corrected chi connectivity index (χ4v) is 1.02. The SMILES string of the molecule is CCCCCC(=O)OC(=O)[C@@H](N)C(C)C. The van der Waals surface area contributed by atoms with Crippen LogP contribution in [0.25, 0.3) is 0 Å². The third kappa shape index (κ3) is 6.23. The van der Waals surface area contributed by atoms with Gasteiger partial charge in [-0.25, -0.2) is 4.79 Å². The van der Waals surface area contributed by atoms with Gasteiger partial charge in [0.25, 0.3) is 0 Å². The minimum absolute atomic E-state index is 0.0130. The first kappa shape index (κ1) is 14.1. The highest BCUT2D eigenvalue weighted by atomic mass is 16.6. The quantitative estimate of drug-likeness (QED) is 0.415. The first-order chi connectivity index (χ1) is 6.99. The number of rotatable bonds is 6. The molecule has 4 heteroatoms. The molecule has 0 saturated carbocycles. The molecule has 0 bridgehead atoms. The van der Waals surface area contributed by atoms with E-state index in [4.69, 9.17) is 5.73 Å². The molecule has 4 nitrogen and oxygen atoms in total. The molecule has 0 saturated heterocycles. The lowest BCUT2D eigenvalue weighted by atomic mass is 10.1. The monoisotopic (exact) mass is 215 g/mol. The molecule has 0 radical (unpaired) electrons. The van der Waals surface area contributed by atoms with Crippen molar-refractivity contribution in [3.05, 3.63) is 0 Å². The zero-order valence-corrected chi connectivity index (χ0v) is 9.79. The summed E-state index contributed by atoms with van der Waals surface area (Å²) in [4.78, 5) is 22.4. The van der Waals surface area contributed by atoms with E-state index in [2.05, 4.69) is 4.74 Å². The molecule has 0 rings (SSSR count). The minimum atomic E-state index is -0.708. The molecule has 0 amide bonds. The van der Waals surface area contributed by atoms with Crippen molar-refractivity contribution in [3.63, 3.8) is 0 Å². The summed E-state index contributed by atoms with van der Waals surface area (Å²) in [5.74, 6) is -1.10. The summed E-state index contributed by atoms with van der Waals surface area (Å²) < 4.78 is 4.62. The molecule has 88 valence electrons. The van der Waals surface area contributed by atoms with E-state index in [1.807, 2.05) is 20.8 Å². The van der Waals surface area contributed by atoms with Gasteiger partial charge in [0.2, 0.25) is 0 Å². The molecule has 0 heterocycles. The van der Waals surface area contributed by atoms with E-state index in [0.29, 0.717) is 6.42 Å². The van der Waals surface area contributed by atoms with E-state index in [0.717, 1.165) is 19.3 Å². The first-order valence-corrected chi connectivity index (χ1v) is 5.49. The maximum Gasteiger partial charge on any atom is 0.330 e. The van der Waals surface area contributed by atoms with E-state index < -0.39 is 18.0 Å². The molecule has 0 aromatic rings. The van der Waals surface area contributed by atoms with Crippen molar-refractivity contribution < 1.29 is 14.3 Å². The molecule has 0 aromatic carbocycles. The Bertz CT molecular complexity index is 214. The van der Waals surface area contributed by atoms with Crippen molar-refractivity contribution in [2.75, 3.05) is 0 Å². The number of nitrogens with two attached hydrogens (primary N) is 1. The fraction of sp³-hybridized carbons (Fsp3) is 0.818. The van der Waals surface area contributed by atoms with Crippen LogP contribution in [-0.2, 0) is 14.3 Å². The van der Waals surface area contributed by atoms with Crippen molar-refractivity contribution >= 4 is 11.9 Å². The third-order valence-corrected chi connectivity index (χ3v) is 2.19. The van der Waals surface area contributed by atoms with Crippen LogP contribution in [0.2, 0.25) is 0 Å². The zero-order chi connectivity index (χ0) is 11.8. The Hall–Kier alpha value is -0.900. The second kappa shape index (κ2) is 7.40. The zero-order valence-electron chi connectivity index (χ0n) is 9.79. The van der Waals surface area contributed by atoms with Gasteiger partial charge in [-0.15, -0.1) is 0 Å². The Morgan fingerprint density at radius 1 is 1.27 bits per heavy atom. The van der Waals surface area contributed by atoms with Crippen molar-refractivity contribution in [1.29, 1.82) is 0 Å². The lowest BCUT2D eigenvalue weighted by Crippen LogP contribution is -2.38. The number of unbranched alkanes of at least 4 members (excludes halogenated alkanes) is 2. The molecule has 2 N–H and O–H groups in total. The van der Waals surface area contributed by atoms with Crippen molar-refractivity contribution in [1.82, 2.24) is 0 Å². The Labute approximate surface area is 91.2 Å². The van der Waals surface area contributed by atoms with Gasteiger partial charge in [-0.3, -0.25) is 4.79 Å². The van der Waals surface area contributed by atoms with Gasteiger partial charge in [0.15, 0.2) is 0 Å². The van der Waals surface area contributed by atoms with E-state index in [-0.39, 0.29) is 5.92 Å². The van der Waals surface area contributed by atoms with Crippen molar-refractivity contribution in [2.24, 2.45) is 11.7 Å². The topological polar surface area (TPSA) is 69.4 Å². The third-order valence-electron chi connectivity index (χ3n) is 2.19. The summed E-state index contributed by atoms with van der Waals surface area (Å²) in [5, 5.41) is 0. The molecule has 15 heavy (non-hydrogen) atoms. The first-order valence-electron chi connectivity index (χ1n) is 5.49. The largest absolute Gasteiger partial charge is 0.392 e. The van der Waals surface area contributed by atoms with Crippen molar-refractivity contribution in [3.8, 4) is 0 Å². The molecule has 0 spiro atoms. The highest BCUT2D eigenvalue weighted by Crippen LogP contribution is 2.04. The molecule has 0 fully saturated rings. The molecule has 0 aliphatic rings. The molecule has 1 atom stereocenters. The van der Waals surface area contributed by atoms with Gasteiger partial charge < -0.3 is 10.5 Å². The average Bonchev–Trinajstić information content (AvgIpc) is 2.16. The maximum absolute atomic E-state index is 11.3. The predicted octanol–water partition coefficient (Wildman–Crippen LogP) is 1.62. The molecule has 0 aromatic heterocycles. The number of carbonyl (C=O) groups is 2. The van der Waals surface area contributed by atoms with Crippen LogP contribution in [0.5, 0.6) is 0 Å². The molecule has 0 unspecified atom stereocenters. The van der Waals surface area contributed by atoms with Gasteiger partial charge in [-0.1, -0.05) is 33.6 Å². The van der Waals surface area contributed by atoms with Crippen LogP contribution in [-0.4, -0.2) is 18.0 Å². The predicted molar refractivity (Wildman–Crippen MR) is 58.1 cm³/mol. The summed E-state index contributed by atoms with van der Waals surface area (Å²) >= 11 is 0. The van der Waals surface area contributed by atoms with Crippen LogP contribution < -0.4 is 5.73 Å². The number of hydrogen-bond acceptors (Lipinski definition) is 4. The van der Waals surface area contributed by atoms with Gasteiger partial charge >= 0.3 is 11.9 Å². The second-order valence-corrected chi connectivity index (χ2v) is 4.02. The molecule has 0 aliphatic heterocycles. The normalized spacial score (nSPS) is 12.6. The summed E-state index contributed by atoms with van der Waals surface area (Å²) in [7, 11) is 0. The molecule has 0 aliphatic carbocycles. The van der Waals surface area contributed by atoms with Gasteiger partial charge in [-0.2, -0.15) is 0 Å². The maximum atomic E-state index is 11.3. The van der Waals surface area contributed by atoms with Crippen LogP contribution in [0.1, 0.15) is 46.5 Å². The number of esters is 2. The second-order valence-electron chi connectivity index (χ2n) is 4.02. The Morgan fingerprint density at radius 3 is 2.33 bits per heavy atom. The minimum Gasteiger partial charge on any atom is -0.392 e. The molecular formula is C11H21NO3. The smallest absolute Gasteiger partial charge is 0.330 e. The van der Waals surface area contributed by atoms with Gasteiger partial charge in [-0.05, 0) is 12.3 Å². The average molecular weight is 215 g/mol. The Kier molecular flexibility index (Phi) is 6.96. The number of carbonyl (C=O) groups excluding carboxylic acids is 2. The van der Waals surface area contributed by atoms with Gasteiger partial charge in [0.05, 0.1) is 0 Å². The van der Waals surface area contributed by atoms with E-state index in [1.54, 1.807) is 0 Å². The number of hydrogen-bond donors (Lipinski definition) is 1. The van der Waals surface area contributed by atoms with E-state index in [1.165, 1.54) is 0 Å². The summed E-state index contributed by atoms with van der Waals surface area (Å²) in [6.45, 7) is 5.67. The number of ether oxygens (including phenoxy) is 1. The lowest BCUT2D eigenvalue weighted by molar-refractivity contribution is -0.161. The van der Waals surface area contributed by atoms with E-state index >= 15 is 0 Å². The summed E-state index contributed by atoms with van der Waals surface area (Å²) in [6, 6.07) is -0.708. The van der Waals surface area contributed by atoms with Crippen LogP contribution in [0.3, 0.4) is 0 Å². The molecular weight excluding hydrogens is 194 g/mol. The highest BCUT2D eigenvalue weighted by molar-refractivity contribution is 5.88. The van der Waals surface area contributed by atoms with Crippen LogP contribution >= 0.6 is 0 Å². The highest BCUT2D eigenvalue weighted by Gasteiger charge is 2.21. The van der Waals surface area contributed by atoms with Gasteiger partial charge in [0.1, 0.15) is 6.04 Å². The fourth-order valence-electron chi connectivity index (χ4n) is 1.02. The standard InChI is InChI=1S/C11H21NO3/c1-4-5-6-7-9(13)15-11(14)10(12)8(2)3/h8,10H,4-7,12H2,1-3H3/t10-/m0/s1.